The molecule has 0 atom stereocenters. The van der Waals surface area contributed by atoms with Gasteiger partial charge in [-0.25, -0.2) is 9.67 Å². The molecule has 8 nitrogen and oxygen atoms in total. The van der Waals surface area contributed by atoms with E-state index in [0.29, 0.717) is 11.3 Å². The summed E-state index contributed by atoms with van der Waals surface area (Å²) in [6, 6.07) is 17.5. The van der Waals surface area contributed by atoms with E-state index in [1.165, 1.54) is 6.20 Å². The second-order valence-corrected chi connectivity index (χ2v) is 7.93. The largest absolute Gasteiger partial charge is 0.383 e. The van der Waals surface area contributed by atoms with Crippen LogP contribution in [0, 0.1) is 6.92 Å². The third-order valence-electron chi connectivity index (χ3n) is 5.76. The average molecular weight is 433 g/mol. The molecule has 4 aromatic heterocycles. The Labute approximate surface area is 188 Å². The molecule has 0 aliphatic carbocycles. The molecule has 4 N–H and O–H groups in total. The maximum atomic E-state index is 13.3. The predicted octanol–water partition coefficient (Wildman–Crippen LogP) is 4.41. The van der Waals surface area contributed by atoms with E-state index in [1.807, 2.05) is 61.5 Å². The number of hydrogen-bond acceptors (Lipinski definition) is 5. The zero-order valence-corrected chi connectivity index (χ0v) is 17.7. The number of rotatable bonds is 4. The van der Waals surface area contributed by atoms with Crippen LogP contribution in [0.3, 0.4) is 0 Å². The summed E-state index contributed by atoms with van der Waals surface area (Å²) in [5.74, 6) is 0.900. The van der Waals surface area contributed by atoms with E-state index in [-0.39, 0.29) is 11.6 Å². The summed E-state index contributed by atoms with van der Waals surface area (Å²) in [6.07, 6.45) is 5.02. The van der Waals surface area contributed by atoms with Crippen molar-refractivity contribution in [3.8, 4) is 16.8 Å². The van der Waals surface area contributed by atoms with Crippen LogP contribution in [0.4, 0.5) is 5.82 Å². The highest BCUT2D eigenvalue weighted by atomic mass is 16.1. The smallest absolute Gasteiger partial charge is 0.214 e. The number of nitrogen functional groups attached to an aromatic ring is 1. The Bertz CT molecular complexity index is 1660. The predicted molar refractivity (Wildman–Crippen MR) is 127 cm³/mol. The maximum Gasteiger partial charge on any atom is 0.214 e. The van der Waals surface area contributed by atoms with Gasteiger partial charge in [0.15, 0.2) is 0 Å². The van der Waals surface area contributed by atoms with Gasteiger partial charge in [-0.2, -0.15) is 5.10 Å². The van der Waals surface area contributed by atoms with Gasteiger partial charge in [0.2, 0.25) is 5.78 Å². The maximum absolute atomic E-state index is 13.3. The molecule has 33 heavy (non-hydrogen) atoms. The summed E-state index contributed by atoms with van der Waals surface area (Å²) < 4.78 is 1.56. The van der Waals surface area contributed by atoms with Gasteiger partial charge in [-0.15, -0.1) is 0 Å². The van der Waals surface area contributed by atoms with Crippen molar-refractivity contribution in [1.29, 1.82) is 0 Å². The highest BCUT2D eigenvalue weighted by Crippen LogP contribution is 2.27. The molecule has 0 aliphatic rings. The van der Waals surface area contributed by atoms with Crippen molar-refractivity contribution in [2.75, 3.05) is 5.73 Å². The highest BCUT2D eigenvalue weighted by Gasteiger charge is 2.20. The van der Waals surface area contributed by atoms with Gasteiger partial charge in [-0.05, 0) is 60.5 Å². The number of aromatic nitrogens is 6. The van der Waals surface area contributed by atoms with Gasteiger partial charge in [-0.3, -0.25) is 9.78 Å². The molecule has 0 spiro atoms. The Morgan fingerprint density at radius 3 is 2.64 bits per heavy atom. The lowest BCUT2D eigenvalue weighted by molar-refractivity contribution is 0.103. The van der Waals surface area contributed by atoms with Crippen molar-refractivity contribution < 1.29 is 4.79 Å². The van der Waals surface area contributed by atoms with Crippen molar-refractivity contribution >= 4 is 33.5 Å². The topological polar surface area (TPSA) is 118 Å². The molecule has 0 saturated heterocycles. The van der Waals surface area contributed by atoms with E-state index in [0.717, 1.165) is 44.6 Å². The molecule has 4 heterocycles. The average Bonchev–Trinajstić information content (AvgIpc) is 3.53. The number of aromatic amines is 2. The molecular formula is C25H19N7O. The molecule has 0 radical (unpaired) electrons. The van der Waals surface area contributed by atoms with Gasteiger partial charge in [-0.1, -0.05) is 12.1 Å². The molecule has 0 fully saturated rings. The number of aryl methyl sites for hydroxylation is 1. The third kappa shape index (κ3) is 3.16. The Morgan fingerprint density at radius 2 is 1.79 bits per heavy atom. The normalized spacial score (nSPS) is 11.4. The number of nitrogens with two attached hydrogens (primary N) is 1. The van der Waals surface area contributed by atoms with Crippen LogP contribution in [0.1, 0.15) is 21.9 Å². The molecule has 0 bridgehead atoms. The van der Waals surface area contributed by atoms with Gasteiger partial charge >= 0.3 is 0 Å². The minimum atomic E-state index is -0.211. The molecular weight excluding hydrogens is 414 g/mol. The van der Waals surface area contributed by atoms with E-state index >= 15 is 0 Å². The fourth-order valence-electron chi connectivity index (χ4n) is 4.11. The summed E-state index contributed by atoms with van der Waals surface area (Å²) >= 11 is 0. The van der Waals surface area contributed by atoms with E-state index < -0.39 is 0 Å². The molecule has 6 rings (SSSR count). The monoisotopic (exact) mass is 433 g/mol. The number of benzene rings is 2. The minimum absolute atomic E-state index is 0.211. The molecule has 0 amide bonds. The van der Waals surface area contributed by atoms with Crippen LogP contribution in [-0.2, 0) is 0 Å². The SMILES string of the molecule is Cc1nc2cc(-n3ncc(C(=O)c4cc5ccc(-c6ccncc6)cc5[nH]4)c3N)ccc2[nH]1. The number of nitrogens with one attached hydrogen (secondary N) is 2. The number of hydrogen-bond donors (Lipinski definition) is 3. The quantitative estimate of drug-likeness (QED) is 0.356. The summed E-state index contributed by atoms with van der Waals surface area (Å²) in [7, 11) is 0. The van der Waals surface area contributed by atoms with E-state index in [4.69, 9.17) is 5.73 Å². The minimum Gasteiger partial charge on any atom is -0.383 e. The number of carbonyl (C=O) groups is 1. The van der Waals surface area contributed by atoms with E-state index in [2.05, 4.69) is 25.0 Å². The summed E-state index contributed by atoms with van der Waals surface area (Å²) in [4.78, 5) is 28.2. The van der Waals surface area contributed by atoms with Gasteiger partial charge in [0.05, 0.1) is 34.2 Å². The number of imidazole rings is 1. The Hall–Kier alpha value is -4.72. The van der Waals surface area contributed by atoms with E-state index in [1.54, 1.807) is 17.1 Å². The number of H-pyrrole nitrogens is 2. The van der Waals surface area contributed by atoms with Crippen LogP contribution in [0.2, 0.25) is 0 Å². The zero-order chi connectivity index (χ0) is 22.5. The van der Waals surface area contributed by atoms with Gasteiger partial charge < -0.3 is 15.7 Å². The molecule has 6 aromatic rings. The number of pyridine rings is 1. The van der Waals surface area contributed by atoms with Crippen LogP contribution in [0.5, 0.6) is 0 Å². The number of ketones is 1. The molecule has 0 aliphatic heterocycles. The lowest BCUT2D eigenvalue weighted by Crippen LogP contribution is -2.07. The van der Waals surface area contributed by atoms with Crippen molar-refractivity contribution in [3.63, 3.8) is 0 Å². The second kappa shape index (κ2) is 7.16. The third-order valence-corrected chi connectivity index (χ3v) is 5.76. The first-order valence-electron chi connectivity index (χ1n) is 10.4. The number of fused-ring (bicyclic) bond motifs is 2. The van der Waals surface area contributed by atoms with Crippen molar-refractivity contribution in [1.82, 2.24) is 29.7 Å². The molecule has 2 aromatic carbocycles. The first kappa shape index (κ1) is 19.0. The highest BCUT2D eigenvalue weighted by molar-refractivity contribution is 6.12. The van der Waals surface area contributed by atoms with Gasteiger partial charge in [0.1, 0.15) is 11.6 Å². The lowest BCUT2D eigenvalue weighted by atomic mass is 10.1. The Morgan fingerprint density at radius 1 is 0.939 bits per heavy atom. The summed E-state index contributed by atoms with van der Waals surface area (Å²) in [5, 5.41) is 5.31. The zero-order valence-electron chi connectivity index (χ0n) is 17.7. The first-order valence-corrected chi connectivity index (χ1v) is 10.4. The van der Waals surface area contributed by atoms with Crippen LogP contribution in [0.15, 0.2) is 73.2 Å². The van der Waals surface area contributed by atoms with Gasteiger partial charge in [0, 0.05) is 23.3 Å². The Kier molecular flexibility index (Phi) is 4.13. The Balaban J connectivity index is 1.35. The summed E-state index contributed by atoms with van der Waals surface area (Å²) in [6.45, 7) is 1.90. The van der Waals surface area contributed by atoms with Gasteiger partial charge in [0.25, 0.3) is 0 Å². The molecule has 0 saturated carbocycles. The molecule has 160 valence electrons. The van der Waals surface area contributed by atoms with Crippen LogP contribution >= 0.6 is 0 Å². The molecule has 0 unspecified atom stereocenters. The lowest BCUT2D eigenvalue weighted by Gasteiger charge is -2.05. The summed E-state index contributed by atoms with van der Waals surface area (Å²) in [5.41, 5.74) is 12.6. The molecule has 8 heteroatoms. The van der Waals surface area contributed by atoms with Crippen molar-refractivity contribution in [2.45, 2.75) is 6.92 Å². The van der Waals surface area contributed by atoms with Crippen LogP contribution in [-0.4, -0.2) is 35.5 Å². The van der Waals surface area contributed by atoms with Crippen molar-refractivity contribution in [3.05, 3.63) is 90.3 Å². The first-order chi connectivity index (χ1) is 16.1. The van der Waals surface area contributed by atoms with Crippen molar-refractivity contribution in [2.24, 2.45) is 0 Å². The fourth-order valence-corrected chi connectivity index (χ4v) is 4.11. The van der Waals surface area contributed by atoms with Crippen LogP contribution < -0.4 is 5.73 Å². The second-order valence-electron chi connectivity index (χ2n) is 7.93. The number of carbonyl (C=O) groups excluding carboxylic acids is 1. The number of anilines is 1. The fraction of sp³-hybridized carbons (Fsp3) is 0.0400. The standard InChI is InChI=1S/C25H19N7O/c1-14-29-20-5-4-18(12-22(20)30-14)32-25(26)19(13-28-32)24(33)23-11-17-3-2-16(10-21(17)31-23)15-6-8-27-9-7-15/h2-13,31H,26H2,1H3,(H,29,30). The van der Waals surface area contributed by atoms with Crippen LogP contribution in [0.25, 0.3) is 38.8 Å². The van der Waals surface area contributed by atoms with E-state index in [9.17, 15) is 4.79 Å². The number of nitrogens with zero attached hydrogens (tertiary/aromatic N) is 4.